The van der Waals surface area contributed by atoms with Crippen LogP contribution in [0.3, 0.4) is 0 Å². The standard InChI is InChI=1S/C20H28N2O5/c1-6-7-14-8-9-16(17(10-14)26-5)27-12-15(23)11-22-18(24)20(4,13(2)3)21-19(22)25/h6-10,13,15,23H,11-12H2,1-5H3,(H,21,25)/b7-6+/t15-,20-/m1/s1. The van der Waals surface area contributed by atoms with Gasteiger partial charge in [0.05, 0.1) is 13.7 Å². The topological polar surface area (TPSA) is 88.1 Å². The van der Waals surface area contributed by atoms with Crippen LogP contribution in [0, 0.1) is 5.92 Å². The maximum absolute atomic E-state index is 12.6. The number of hydrogen-bond donors (Lipinski definition) is 2. The van der Waals surface area contributed by atoms with Crippen LogP contribution >= 0.6 is 0 Å². The smallest absolute Gasteiger partial charge is 0.325 e. The SMILES string of the molecule is C/C=C/c1ccc(OC[C@H](O)CN2C(=O)N[C@](C)(C(C)C)C2=O)c(OC)c1. The molecule has 0 unspecified atom stereocenters. The van der Waals surface area contributed by atoms with Gasteiger partial charge in [-0.05, 0) is 37.5 Å². The lowest BCUT2D eigenvalue weighted by Gasteiger charge is -2.26. The average Bonchev–Trinajstić information content (AvgIpc) is 2.85. The third-order valence-electron chi connectivity index (χ3n) is 4.83. The van der Waals surface area contributed by atoms with Crippen molar-refractivity contribution in [3.63, 3.8) is 0 Å². The number of carbonyl (C=O) groups excluding carboxylic acids is 2. The summed E-state index contributed by atoms with van der Waals surface area (Å²) < 4.78 is 11.0. The molecule has 2 atom stereocenters. The first kappa shape index (κ1) is 20.8. The Kier molecular flexibility index (Phi) is 6.49. The van der Waals surface area contributed by atoms with Crippen molar-refractivity contribution >= 4 is 18.0 Å². The molecule has 0 spiro atoms. The molecule has 1 aliphatic rings. The monoisotopic (exact) mass is 376 g/mol. The minimum atomic E-state index is -1.02. The molecule has 0 radical (unpaired) electrons. The van der Waals surface area contributed by atoms with E-state index in [2.05, 4.69) is 5.32 Å². The van der Waals surface area contributed by atoms with Gasteiger partial charge in [-0.3, -0.25) is 9.69 Å². The summed E-state index contributed by atoms with van der Waals surface area (Å²) >= 11 is 0. The first-order valence-corrected chi connectivity index (χ1v) is 8.98. The Bertz CT molecular complexity index is 731. The number of rotatable bonds is 8. The second kappa shape index (κ2) is 8.43. The van der Waals surface area contributed by atoms with Crippen LogP contribution in [0.4, 0.5) is 4.79 Å². The van der Waals surface area contributed by atoms with Gasteiger partial charge in [0.15, 0.2) is 11.5 Å². The fourth-order valence-corrected chi connectivity index (χ4v) is 2.82. The minimum Gasteiger partial charge on any atom is -0.493 e. The van der Waals surface area contributed by atoms with Gasteiger partial charge >= 0.3 is 6.03 Å². The molecule has 7 nitrogen and oxygen atoms in total. The highest BCUT2D eigenvalue weighted by Crippen LogP contribution is 2.29. The zero-order chi connectivity index (χ0) is 20.2. The fraction of sp³-hybridized carbons (Fsp3) is 0.500. The van der Waals surface area contributed by atoms with Gasteiger partial charge in [0.1, 0.15) is 18.2 Å². The Morgan fingerprint density at radius 3 is 2.56 bits per heavy atom. The third kappa shape index (κ3) is 4.42. The summed E-state index contributed by atoms with van der Waals surface area (Å²) in [7, 11) is 1.54. The zero-order valence-corrected chi connectivity index (χ0v) is 16.5. The maximum atomic E-state index is 12.6. The van der Waals surface area contributed by atoms with Crippen LogP contribution in [0.5, 0.6) is 11.5 Å². The van der Waals surface area contributed by atoms with Crippen molar-refractivity contribution in [1.29, 1.82) is 0 Å². The van der Waals surface area contributed by atoms with E-state index in [0.717, 1.165) is 10.5 Å². The number of benzene rings is 1. The molecular formula is C20H28N2O5. The van der Waals surface area contributed by atoms with Gasteiger partial charge in [0, 0.05) is 0 Å². The van der Waals surface area contributed by atoms with Gasteiger partial charge in [-0.2, -0.15) is 0 Å². The lowest BCUT2D eigenvalue weighted by atomic mass is 9.88. The molecule has 2 rings (SSSR count). The predicted octanol–water partition coefficient (Wildman–Crippen LogP) is 2.43. The van der Waals surface area contributed by atoms with E-state index in [9.17, 15) is 14.7 Å². The summed E-state index contributed by atoms with van der Waals surface area (Å²) in [4.78, 5) is 25.7. The van der Waals surface area contributed by atoms with E-state index in [1.165, 1.54) is 7.11 Å². The Morgan fingerprint density at radius 1 is 1.30 bits per heavy atom. The number of imide groups is 1. The van der Waals surface area contributed by atoms with Gasteiger partial charge in [0.2, 0.25) is 0 Å². The molecule has 1 aromatic carbocycles. The summed E-state index contributed by atoms with van der Waals surface area (Å²) in [6, 6.07) is 4.96. The number of urea groups is 1. The second-order valence-electron chi connectivity index (χ2n) is 7.08. The van der Waals surface area contributed by atoms with Crippen LogP contribution < -0.4 is 14.8 Å². The lowest BCUT2D eigenvalue weighted by Crippen LogP contribution is -2.49. The Hall–Kier alpha value is -2.54. The van der Waals surface area contributed by atoms with E-state index in [1.807, 2.05) is 45.1 Å². The Morgan fingerprint density at radius 2 is 2.00 bits per heavy atom. The van der Waals surface area contributed by atoms with Gasteiger partial charge in [0.25, 0.3) is 5.91 Å². The quantitative estimate of drug-likeness (QED) is 0.681. The van der Waals surface area contributed by atoms with E-state index in [-0.39, 0.29) is 25.0 Å². The molecule has 1 aromatic rings. The molecule has 0 aliphatic carbocycles. The highest BCUT2D eigenvalue weighted by molar-refractivity contribution is 6.07. The first-order chi connectivity index (χ1) is 12.7. The minimum absolute atomic E-state index is 0.0627. The Labute approximate surface area is 159 Å². The number of amides is 3. The number of allylic oxidation sites excluding steroid dienone is 1. The molecule has 0 aromatic heterocycles. The number of carbonyl (C=O) groups is 2. The highest BCUT2D eigenvalue weighted by Gasteiger charge is 2.49. The Balaban J connectivity index is 2.00. The highest BCUT2D eigenvalue weighted by atomic mass is 16.5. The maximum Gasteiger partial charge on any atom is 0.325 e. The van der Waals surface area contributed by atoms with Crippen LogP contribution in [0.1, 0.15) is 33.3 Å². The number of methoxy groups -OCH3 is 1. The van der Waals surface area contributed by atoms with Crippen molar-refractivity contribution < 1.29 is 24.2 Å². The molecule has 3 amide bonds. The first-order valence-electron chi connectivity index (χ1n) is 8.98. The largest absolute Gasteiger partial charge is 0.493 e. The van der Waals surface area contributed by atoms with E-state index in [4.69, 9.17) is 9.47 Å². The molecule has 1 fully saturated rings. The number of hydrogen-bond acceptors (Lipinski definition) is 5. The van der Waals surface area contributed by atoms with Crippen molar-refractivity contribution in [3.8, 4) is 11.5 Å². The molecule has 1 heterocycles. The number of aliphatic hydroxyl groups is 1. The van der Waals surface area contributed by atoms with Crippen molar-refractivity contribution in [2.24, 2.45) is 5.92 Å². The molecule has 1 aliphatic heterocycles. The summed E-state index contributed by atoms with van der Waals surface area (Å²) in [5.41, 5.74) is 0.0123. The number of nitrogens with zero attached hydrogens (tertiary/aromatic N) is 1. The normalized spacial score (nSPS) is 21.1. The molecule has 1 saturated heterocycles. The van der Waals surface area contributed by atoms with Crippen LogP contribution in [-0.4, -0.2) is 53.8 Å². The van der Waals surface area contributed by atoms with Gasteiger partial charge in [-0.1, -0.05) is 32.1 Å². The second-order valence-corrected chi connectivity index (χ2v) is 7.08. The molecule has 2 N–H and O–H groups in total. The predicted molar refractivity (Wildman–Crippen MR) is 103 cm³/mol. The van der Waals surface area contributed by atoms with Crippen molar-refractivity contribution in [1.82, 2.24) is 10.2 Å². The van der Waals surface area contributed by atoms with E-state index >= 15 is 0 Å². The molecule has 27 heavy (non-hydrogen) atoms. The van der Waals surface area contributed by atoms with Crippen LogP contribution in [0.2, 0.25) is 0 Å². The zero-order valence-electron chi connectivity index (χ0n) is 16.5. The van der Waals surface area contributed by atoms with Crippen LogP contribution in [0.25, 0.3) is 6.08 Å². The number of ether oxygens (including phenoxy) is 2. The molecule has 0 bridgehead atoms. The number of aliphatic hydroxyl groups excluding tert-OH is 1. The van der Waals surface area contributed by atoms with Gasteiger partial charge < -0.3 is 19.9 Å². The summed E-state index contributed by atoms with van der Waals surface area (Å²) in [6.07, 6.45) is 2.83. The van der Waals surface area contributed by atoms with Crippen LogP contribution in [0.15, 0.2) is 24.3 Å². The number of β-amino-alcohol motifs (C(OH)–C–C–N with tert-alkyl or cyclic N) is 1. The van der Waals surface area contributed by atoms with Gasteiger partial charge in [-0.25, -0.2) is 4.79 Å². The summed E-state index contributed by atoms with van der Waals surface area (Å²) in [5.74, 6) is 0.622. The van der Waals surface area contributed by atoms with Crippen molar-refractivity contribution in [2.75, 3.05) is 20.3 Å². The van der Waals surface area contributed by atoms with E-state index in [1.54, 1.807) is 13.0 Å². The van der Waals surface area contributed by atoms with Gasteiger partial charge in [-0.15, -0.1) is 0 Å². The molecule has 7 heteroatoms. The number of nitrogens with one attached hydrogen (secondary N) is 1. The van der Waals surface area contributed by atoms with E-state index in [0.29, 0.717) is 11.5 Å². The molecule has 0 saturated carbocycles. The van der Waals surface area contributed by atoms with Crippen LogP contribution in [-0.2, 0) is 4.79 Å². The fourth-order valence-electron chi connectivity index (χ4n) is 2.82. The van der Waals surface area contributed by atoms with Crippen molar-refractivity contribution in [3.05, 3.63) is 29.8 Å². The molecular weight excluding hydrogens is 348 g/mol. The average molecular weight is 376 g/mol. The summed E-state index contributed by atoms with van der Waals surface area (Å²) in [6.45, 7) is 7.14. The van der Waals surface area contributed by atoms with E-state index < -0.39 is 17.7 Å². The van der Waals surface area contributed by atoms with Crippen molar-refractivity contribution in [2.45, 2.75) is 39.3 Å². The lowest BCUT2D eigenvalue weighted by molar-refractivity contribution is -0.133. The third-order valence-corrected chi connectivity index (χ3v) is 4.83. The summed E-state index contributed by atoms with van der Waals surface area (Å²) in [5, 5.41) is 13.0. The molecule has 148 valence electrons.